The molecule has 1 fully saturated rings. The Morgan fingerprint density at radius 3 is 1.92 bits per heavy atom. The molecule has 9 N–H and O–H groups in total. The van der Waals surface area contributed by atoms with E-state index in [9.17, 15) is 57.8 Å². The van der Waals surface area contributed by atoms with E-state index in [2.05, 4.69) is 35.1 Å². The fraction of sp³-hybridized carbons (Fsp3) is 0.701. The van der Waals surface area contributed by atoms with Gasteiger partial charge in [0.15, 0.2) is 17.3 Å². The van der Waals surface area contributed by atoms with E-state index in [0.717, 1.165) is 18.4 Å². The summed E-state index contributed by atoms with van der Waals surface area (Å²) in [6, 6.07) is 13.6. The van der Waals surface area contributed by atoms with Crippen LogP contribution in [0.2, 0.25) is 0 Å². The number of primary amides is 1. The van der Waals surface area contributed by atoms with Gasteiger partial charge in [-0.1, -0.05) is 125 Å². The third-order valence-electron chi connectivity index (χ3n) is 19.2. The number of Topliss-reactive ketones (excluding diaryl/α,β-unsaturated/α-hetero) is 5. The number of likely N-dealkylation sites (N-methyl/N-ethyl adjacent to an activating group) is 2. The molecule has 0 aromatic heterocycles. The number of rotatable bonds is 50. The first kappa shape index (κ1) is 92.0. The van der Waals surface area contributed by atoms with Gasteiger partial charge >= 0.3 is 12.1 Å². The van der Waals surface area contributed by atoms with Gasteiger partial charge in [-0.15, -0.1) is 0 Å². The Bertz CT molecular complexity index is 2910. The molecule has 2 aromatic rings. The molecule has 1 saturated heterocycles. The molecule has 3 rings (SSSR count). The second-order valence-corrected chi connectivity index (χ2v) is 28.7. The van der Waals surface area contributed by atoms with Crippen LogP contribution in [-0.2, 0) is 73.4 Å². The second kappa shape index (κ2) is 49.6. The number of hydrogen-bond acceptors (Lipinski definition) is 19. The van der Waals surface area contributed by atoms with Crippen molar-refractivity contribution in [3.05, 3.63) is 65.7 Å². The van der Waals surface area contributed by atoms with Crippen LogP contribution in [0, 0.1) is 47.3 Å². The number of carbonyl (C=O) groups excluding carboxylic acids is 11. The van der Waals surface area contributed by atoms with Crippen molar-refractivity contribution in [2.75, 3.05) is 93.3 Å². The molecule has 1 unspecified atom stereocenters. The Morgan fingerprint density at radius 1 is 0.699 bits per heavy atom. The van der Waals surface area contributed by atoms with Gasteiger partial charge in [0.25, 0.3) is 0 Å². The maximum Gasteiger partial charge on any atom is 0.407 e. The first-order chi connectivity index (χ1) is 48.7. The van der Waals surface area contributed by atoms with Crippen LogP contribution in [-0.4, -0.2) is 209 Å². The van der Waals surface area contributed by atoms with E-state index in [1.807, 2.05) is 110 Å². The highest BCUT2D eigenvalue weighted by Gasteiger charge is 2.44. The fourth-order valence-electron chi connectivity index (χ4n) is 13.2. The number of benzene rings is 2. The number of alkyl carbamates (subject to hydrolysis) is 1. The van der Waals surface area contributed by atoms with Crippen LogP contribution in [0.5, 0.6) is 0 Å². The van der Waals surface area contributed by atoms with Crippen LogP contribution in [0.4, 0.5) is 15.3 Å². The predicted octanol–water partition coefficient (Wildman–Crippen LogP) is 8.17. The number of aliphatic hydroxyl groups excluding tert-OH is 1. The van der Waals surface area contributed by atoms with Gasteiger partial charge in [0.2, 0.25) is 23.6 Å². The first-order valence-electron chi connectivity index (χ1n) is 36.8. The molecule has 12 atom stereocenters. The Morgan fingerprint density at radius 2 is 1.35 bits per heavy atom. The third-order valence-corrected chi connectivity index (χ3v) is 19.2. The van der Waals surface area contributed by atoms with Gasteiger partial charge in [0.05, 0.1) is 75.3 Å². The number of ketones is 5. The monoisotopic (exact) mass is 1450 g/mol. The molecule has 1 aliphatic heterocycles. The summed E-state index contributed by atoms with van der Waals surface area (Å²) in [4.78, 5) is 146. The van der Waals surface area contributed by atoms with Crippen LogP contribution in [0.1, 0.15) is 183 Å². The molecule has 2 aromatic carbocycles. The van der Waals surface area contributed by atoms with E-state index in [4.69, 9.17) is 35.2 Å². The number of aliphatic hydroxyl groups is 1. The molecular weight excluding hydrogens is 1320 g/mol. The van der Waals surface area contributed by atoms with Crippen LogP contribution in [0.15, 0.2) is 54.6 Å². The number of carbonyl (C=O) groups is 11. The Balaban J connectivity index is 0.000000700. The summed E-state index contributed by atoms with van der Waals surface area (Å²) in [7, 11) is 8.76. The maximum absolute atomic E-state index is 14.3. The lowest BCUT2D eigenvalue weighted by atomic mass is 9.83. The van der Waals surface area contributed by atoms with Crippen LogP contribution >= 0.6 is 0 Å². The number of hydrogen-bond donors (Lipinski definition) is 7. The summed E-state index contributed by atoms with van der Waals surface area (Å²) >= 11 is 0. The normalized spacial score (nSPS) is 16.2. The Labute approximate surface area is 613 Å². The molecule has 1 heterocycles. The molecule has 103 heavy (non-hydrogen) atoms. The minimum atomic E-state index is -0.794. The standard InChI is InChI=1S/C42H71N3O7.C35H56N6O10/c1-14-28(6)39(44(11)42(50)32(26(2)3)24-35(47)38(27(4)5)43(9)10)36(51-12)25-37(48)45-22-18-21-33(45)41(52-13)30(8)34(46)23-29(7)40(49)31-19-16-15-17-20-31;1-24(2)32(41-31(45)10-6-4-5-9-29(43)21-36)30(44)20-27(8-7-15-38-34(37)47)33(46)40-28-13-11-26(12-14-28)23-51-35(48)39-16-17-49-18-19-50-22-25(3)42/h15-17,19-20,26-30,32-33,36,38-41,49H,14,18,21-25H2,1-13H3;11-14,24,27,32H,4-10,15-23,36H2,1-3H3,(H,39,48)(H,40,46)(H,41,45)(H3,37,38,47)/t28-,29-,30-,32-,33-,36+,38?,39-,40+,41+;27-,32+/m01/s1. The molecule has 582 valence electrons. The number of unbranched alkanes of at least 4 members (excludes halogenated alkanes) is 2. The summed E-state index contributed by atoms with van der Waals surface area (Å²) < 4.78 is 27.6. The number of likely N-dealkylation sites (tertiary alicyclic amines) is 1. The first-order valence-corrected chi connectivity index (χ1v) is 36.8. The summed E-state index contributed by atoms with van der Waals surface area (Å²) in [6.07, 6.45) is 3.22. The fourth-order valence-corrected chi connectivity index (χ4v) is 13.2. The molecule has 0 saturated carbocycles. The minimum Gasteiger partial charge on any atom is -0.445 e. The highest BCUT2D eigenvalue weighted by molar-refractivity contribution is 5.97. The van der Waals surface area contributed by atoms with Gasteiger partial charge in [-0.3, -0.25) is 48.1 Å². The number of anilines is 1. The summed E-state index contributed by atoms with van der Waals surface area (Å²) in [5.41, 5.74) is 12.4. The number of nitrogens with zero attached hydrogens (tertiary/aromatic N) is 3. The van der Waals surface area contributed by atoms with Gasteiger partial charge in [-0.2, -0.15) is 0 Å². The highest BCUT2D eigenvalue weighted by atomic mass is 16.6. The molecule has 7 amide bonds. The molecule has 0 radical (unpaired) electrons. The van der Waals surface area contributed by atoms with Crippen molar-refractivity contribution in [3.63, 3.8) is 0 Å². The SMILES string of the molecule is CC(=O)COCCOCCNC(=O)OCc1ccc(NC(=O)[C@H](CCCNC(N)=O)CC(=O)[C@@H](NC(=O)CCCCCC(=O)CN)C(C)C)cc1.CC[C@H](C)[C@@H]([C@@H](CC(=O)N1CCC[C@H]1[C@H](OC)[C@@H](C)C(=O)C[C@H](C)[C@@H](O)c1ccccc1)OC)N(C)C(=O)[C@@H](CC(=O)C(C(C)C)N(C)C)C(C)C. The van der Waals surface area contributed by atoms with Crippen molar-refractivity contribution in [2.24, 2.45) is 58.8 Å². The van der Waals surface area contributed by atoms with E-state index >= 15 is 0 Å². The molecule has 0 spiro atoms. The van der Waals surface area contributed by atoms with Gasteiger partial charge in [-0.25, -0.2) is 9.59 Å². The van der Waals surface area contributed by atoms with E-state index in [-0.39, 0.29) is 180 Å². The van der Waals surface area contributed by atoms with Gasteiger partial charge in [-0.05, 0) is 112 Å². The van der Waals surface area contributed by atoms with Crippen molar-refractivity contribution in [1.29, 1.82) is 0 Å². The van der Waals surface area contributed by atoms with Crippen molar-refractivity contribution in [2.45, 2.75) is 215 Å². The zero-order valence-electron chi connectivity index (χ0n) is 64.6. The van der Waals surface area contributed by atoms with E-state index in [1.165, 1.54) is 6.92 Å². The lowest BCUT2D eigenvalue weighted by molar-refractivity contribution is -0.149. The minimum absolute atomic E-state index is 0.00481. The highest BCUT2D eigenvalue weighted by Crippen LogP contribution is 2.33. The van der Waals surface area contributed by atoms with E-state index < -0.39 is 66.2 Å². The number of ether oxygens (including phenoxy) is 5. The number of amides is 7. The van der Waals surface area contributed by atoms with Crippen molar-refractivity contribution < 1.29 is 81.5 Å². The number of nitrogens with two attached hydrogens (primary N) is 2. The second-order valence-electron chi connectivity index (χ2n) is 28.7. The van der Waals surface area contributed by atoms with Gasteiger partial charge in [0, 0.05) is 96.4 Å². The smallest absolute Gasteiger partial charge is 0.407 e. The Kier molecular flexibility index (Phi) is 44.3. The molecule has 0 bridgehead atoms. The third kappa shape index (κ3) is 33.7. The Hall–Kier alpha value is -7.07. The van der Waals surface area contributed by atoms with Crippen molar-refractivity contribution >= 4 is 70.4 Å². The lowest BCUT2D eigenvalue weighted by Crippen LogP contribution is -2.54. The largest absolute Gasteiger partial charge is 0.445 e. The topological polar surface area (TPSA) is 364 Å². The summed E-state index contributed by atoms with van der Waals surface area (Å²) in [5, 5.41) is 21.6. The molecule has 1 aliphatic rings. The zero-order chi connectivity index (χ0) is 77.5. The summed E-state index contributed by atoms with van der Waals surface area (Å²) in [6.45, 7) is 22.8. The summed E-state index contributed by atoms with van der Waals surface area (Å²) in [5.74, 6) is -3.39. The molecule has 26 heteroatoms. The molecule has 0 aliphatic carbocycles. The van der Waals surface area contributed by atoms with E-state index in [1.54, 1.807) is 50.4 Å². The molecular formula is C77H127N9O17. The number of nitrogens with one attached hydrogen (secondary N) is 4. The average Bonchev–Trinajstić information content (AvgIpc) is 1.78. The van der Waals surface area contributed by atoms with Crippen LogP contribution < -0.4 is 32.7 Å². The van der Waals surface area contributed by atoms with Crippen molar-refractivity contribution in [3.8, 4) is 0 Å². The van der Waals surface area contributed by atoms with Crippen molar-refractivity contribution in [1.82, 2.24) is 30.7 Å². The maximum atomic E-state index is 14.3. The van der Waals surface area contributed by atoms with Gasteiger partial charge < -0.3 is 71.3 Å². The average molecular weight is 1450 g/mol. The van der Waals surface area contributed by atoms with Crippen LogP contribution in [0.25, 0.3) is 0 Å². The number of urea groups is 1. The zero-order valence-corrected chi connectivity index (χ0v) is 64.6. The van der Waals surface area contributed by atoms with E-state index in [0.29, 0.717) is 56.3 Å². The lowest BCUT2D eigenvalue weighted by Gasteiger charge is -2.41. The van der Waals surface area contributed by atoms with Crippen LogP contribution in [0.3, 0.4) is 0 Å². The van der Waals surface area contributed by atoms with Gasteiger partial charge in [0.1, 0.15) is 24.8 Å². The molecule has 26 nitrogen and oxygen atoms in total. The quantitative estimate of drug-likeness (QED) is 0.0307. The predicted molar refractivity (Wildman–Crippen MR) is 396 cm³/mol. The number of methoxy groups -OCH3 is 2.